The van der Waals surface area contributed by atoms with Crippen molar-refractivity contribution in [1.82, 2.24) is 0 Å². The Balaban J connectivity index is 2.72. The van der Waals surface area contributed by atoms with E-state index in [0.29, 0.717) is 0 Å². The minimum absolute atomic E-state index is 1.20. The molecule has 2 aromatic rings. The maximum Gasteiger partial charge on any atom is 0.0666 e. The lowest BCUT2D eigenvalue weighted by Gasteiger charge is -1.99. The Morgan fingerprint density at radius 1 is 1.38 bits per heavy atom. The van der Waals surface area contributed by atoms with E-state index in [0.717, 1.165) is 0 Å². The average molecular weight is 385 g/mol. The van der Waals surface area contributed by atoms with Crippen LogP contribution < -0.4 is 0 Å². The number of hydrogen-bond acceptors (Lipinski definition) is 2. The molecule has 0 aliphatic rings. The molecule has 0 nitrogen and oxygen atoms in total. The molecule has 0 saturated carbocycles. The smallest absolute Gasteiger partial charge is 0.0666 e. The van der Waals surface area contributed by atoms with Gasteiger partial charge < -0.3 is 0 Å². The van der Waals surface area contributed by atoms with Gasteiger partial charge >= 0.3 is 0 Å². The molecule has 0 aliphatic carbocycles. The summed E-state index contributed by atoms with van der Waals surface area (Å²) in [6, 6.07) is 6.67. The quantitative estimate of drug-likeness (QED) is 0.493. The van der Waals surface area contributed by atoms with Crippen LogP contribution in [0, 0.1) is 2.88 Å². The van der Waals surface area contributed by atoms with Crippen LogP contribution in [0.2, 0.25) is 0 Å². The highest BCUT2D eigenvalue weighted by molar-refractivity contribution is 14.1. The zero-order valence-corrected chi connectivity index (χ0v) is 12.2. The zero-order chi connectivity index (χ0) is 9.42. The summed E-state index contributed by atoms with van der Waals surface area (Å²) < 4.78 is 3.90. The first kappa shape index (κ1) is 10.3. The molecule has 0 aliphatic heterocycles. The minimum atomic E-state index is 1.20. The van der Waals surface area contributed by atoms with Crippen molar-refractivity contribution in [1.29, 1.82) is 0 Å². The van der Waals surface area contributed by atoms with Gasteiger partial charge in [0.2, 0.25) is 0 Å². The number of rotatable bonds is 1. The summed E-state index contributed by atoms with van der Waals surface area (Å²) >= 11 is 9.54. The fourth-order valence-corrected chi connectivity index (χ4v) is 4.50. The van der Waals surface area contributed by atoms with Gasteiger partial charge in [0.25, 0.3) is 0 Å². The molecule has 0 fully saturated rings. The van der Waals surface area contributed by atoms with Crippen LogP contribution in [0.25, 0.3) is 10.1 Å². The predicted molar refractivity (Wildman–Crippen MR) is 74.0 cm³/mol. The van der Waals surface area contributed by atoms with Crippen LogP contribution in [-0.4, -0.2) is 6.26 Å². The Morgan fingerprint density at radius 2 is 2.15 bits per heavy atom. The summed E-state index contributed by atoms with van der Waals surface area (Å²) in [7, 11) is 0. The zero-order valence-electron chi connectivity index (χ0n) is 6.80. The Hall–Kier alpha value is 0.740. The van der Waals surface area contributed by atoms with Crippen molar-refractivity contribution in [3.63, 3.8) is 0 Å². The Labute approximate surface area is 107 Å². The van der Waals surface area contributed by atoms with Gasteiger partial charge in [0, 0.05) is 14.1 Å². The summed E-state index contributed by atoms with van der Waals surface area (Å²) in [5.74, 6) is 0. The highest BCUT2D eigenvalue weighted by Crippen LogP contribution is 2.35. The molecule has 1 aromatic carbocycles. The molecule has 1 heterocycles. The second-order valence-corrected chi connectivity index (χ2v) is 7.26. The number of benzene rings is 1. The summed E-state index contributed by atoms with van der Waals surface area (Å²) in [4.78, 5) is 1.31. The third-order valence-electron chi connectivity index (χ3n) is 1.76. The van der Waals surface area contributed by atoms with E-state index < -0.39 is 0 Å². The minimum Gasteiger partial charge on any atom is -0.129 e. The Morgan fingerprint density at radius 3 is 2.85 bits per heavy atom. The van der Waals surface area contributed by atoms with Gasteiger partial charge in [-0.3, -0.25) is 0 Å². The molecular weight excluding hydrogens is 379 g/mol. The molecular formula is C9H6BrIS2. The second-order valence-electron chi connectivity index (χ2n) is 2.58. The van der Waals surface area contributed by atoms with Crippen molar-refractivity contribution in [2.45, 2.75) is 4.90 Å². The number of halogens is 2. The fourth-order valence-electron chi connectivity index (χ4n) is 1.17. The van der Waals surface area contributed by atoms with Crippen LogP contribution in [0.5, 0.6) is 0 Å². The molecule has 0 saturated heterocycles. The monoisotopic (exact) mass is 384 g/mol. The molecule has 0 atom stereocenters. The van der Waals surface area contributed by atoms with E-state index in [1.165, 1.54) is 22.3 Å². The standard InChI is InChI=1S/C9H6BrIS2/c1-12-8-2-5-3-9(11)13-7(5)4-6(8)10/h2-4H,1H3. The molecule has 4 heteroatoms. The largest absolute Gasteiger partial charge is 0.129 e. The first-order valence-corrected chi connectivity index (χ1v) is 7.54. The highest BCUT2D eigenvalue weighted by atomic mass is 127. The van der Waals surface area contributed by atoms with Crippen LogP contribution in [0.4, 0.5) is 0 Å². The number of fused-ring (bicyclic) bond motifs is 1. The van der Waals surface area contributed by atoms with Crippen LogP contribution in [0.15, 0.2) is 27.6 Å². The number of thioether (sulfide) groups is 1. The molecule has 0 bridgehead atoms. The van der Waals surface area contributed by atoms with Gasteiger partial charge in [-0.1, -0.05) is 0 Å². The summed E-state index contributed by atoms with van der Waals surface area (Å²) in [6.45, 7) is 0. The van der Waals surface area contributed by atoms with Crippen LogP contribution in [0.1, 0.15) is 0 Å². The topological polar surface area (TPSA) is 0 Å². The van der Waals surface area contributed by atoms with Crippen molar-refractivity contribution >= 4 is 71.7 Å². The van der Waals surface area contributed by atoms with Gasteiger partial charge in [-0.05, 0) is 68.4 Å². The first-order chi connectivity index (χ1) is 6.20. The fraction of sp³-hybridized carbons (Fsp3) is 0.111. The van der Waals surface area contributed by atoms with E-state index in [-0.39, 0.29) is 0 Å². The van der Waals surface area contributed by atoms with E-state index in [1.807, 2.05) is 11.3 Å². The summed E-state index contributed by atoms with van der Waals surface area (Å²) in [5.41, 5.74) is 0. The van der Waals surface area contributed by atoms with Gasteiger partial charge in [-0.15, -0.1) is 23.1 Å². The van der Waals surface area contributed by atoms with Gasteiger partial charge in [0.05, 0.1) is 2.88 Å². The highest BCUT2D eigenvalue weighted by Gasteiger charge is 2.04. The normalized spacial score (nSPS) is 11.0. The second kappa shape index (κ2) is 4.08. The van der Waals surface area contributed by atoms with Crippen molar-refractivity contribution < 1.29 is 0 Å². The Bertz CT molecular complexity index is 450. The van der Waals surface area contributed by atoms with Gasteiger partial charge in [-0.2, -0.15) is 0 Å². The lowest BCUT2D eigenvalue weighted by atomic mass is 10.3. The third-order valence-corrected chi connectivity index (χ3v) is 5.32. The van der Waals surface area contributed by atoms with Crippen LogP contribution in [-0.2, 0) is 0 Å². The molecule has 0 amide bonds. The van der Waals surface area contributed by atoms with Crippen LogP contribution >= 0.6 is 61.6 Å². The molecule has 0 radical (unpaired) electrons. The van der Waals surface area contributed by atoms with E-state index >= 15 is 0 Å². The van der Waals surface area contributed by atoms with E-state index in [4.69, 9.17) is 0 Å². The number of hydrogen-bond donors (Lipinski definition) is 0. The molecule has 1 aromatic heterocycles. The number of thiophene rings is 1. The predicted octanol–water partition coefficient (Wildman–Crippen LogP) is 4.99. The van der Waals surface area contributed by atoms with Crippen molar-refractivity contribution in [3.8, 4) is 0 Å². The van der Waals surface area contributed by atoms with E-state index in [2.05, 4.69) is 63.0 Å². The molecule has 0 N–H and O–H groups in total. The lowest BCUT2D eigenvalue weighted by Crippen LogP contribution is -1.72. The SMILES string of the molecule is CSc1cc2cc(I)sc2cc1Br. The van der Waals surface area contributed by atoms with Crippen molar-refractivity contribution in [3.05, 3.63) is 25.6 Å². The van der Waals surface area contributed by atoms with Gasteiger partial charge in [-0.25, -0.2) is 0 Å². The Kier molecular flexibility index (Phi) is 3.22. The van der Waals surface area contributed by atoms with Crippen molar-refractivity contribution in [2.24, 2.45) is 0 Å². The lowest BCUT2D eigenvalue weighted by molar-refractivity contribution is 1.46. The summed E-state index contributed by atoms with van der Waals surface area (Å²) in [6.07, 6.45) is 2.10. The van der Waals surface area contributed by atoms with E-state index in [9.17, 15) is 0 Å². The molecule has 2 rings (SSSR count). The van der Waals surface area contributed by atoms with Gasteiger partial charge in [0.15, 0.2) is 0 Å². The van der Waals surface area contributed by atoms with E-state index in [1.54, 1.807) is 11.8 Å². The van der Waals surface area contributed by atoms with Gasteiger partial charge in [0.1, 0.15) is 0 Å². The third kappa shape index (κ3) is 2.06. The maximum absolute atomic E-state index is 3.57. The summed E-state index contributed by atoms with van der Waals surface area (Å²) in [5, 5.41) is 1.35. The molecule has 13 heavy (non-hydrogen) atoms. The maximum atomic E-state index is 3.57. The molecule has 0 spiro atoms. The first-order valence-electron chi connectivity index (χ1n) is 3.63. The molecule has 0 unspecified atom stereocenters. The van der Waals surface area contributed by atoms with Crippen molar-refractivity contribution in [2.75, 3.05) is 6.26 Å². The average Bonchev–Trinajstić information content (AvgIpc) is 2.42. The van der Waals surface area contributed by atoms with Crippen LogP contribution in [0.3, 0.4) is 0 Å². The molecule has 68 valence electrons.